The zero-order valence-corrected chi connectivity index (χ0v) is 15.5. The molecule has 0 unspecified atom stereocenters. The minimum atomic E-state index is -4.66. The Morgan fingerprint density at radius 2 is 2.04 bits per heavy atom. The highest BCUT2D eigenvalue weighted by Gasteiger charge is 2.24. The SMILES string of the molecule is CN(C)Cc1sc2c(ccc3cc(P(=O)(O)O)c(=O)oc32)c1Br. The largest absolute Gasteiger partial charge is 0.421 e. The number of halogens is 1. The number of rotatable bonds is 3. The van der Waals surface area contributed by atoms with Crippen LogP contribution in [0.5, 0.6) is 0 Å². The van der Waals surface area contributed by atoms with E-state index in [1.807, 2.05) is 25.1 Å². The predicted molar refractivity (Wildman–Crippen MR) is 94.6 cm³/mol. The maximum absolute atomic E-state index is 11.9. The van der Waals surface area contributed by atoms with Gasteiger partial charge in [-0.3, -0.25) is 4.57 Å². The van der Waals surface area contributed by atoms with Crippen LogP contribution in [-0.4, -0.2) is 28.8 Å². The van der Waals surface area contributed by atoms with E-state index in [4.69, 9.17) is 4.42 Å². The first-order chi connectivity index (χ1) is 10.7. The summed E-state index contributed by atoms with van der Waals surface area (Å²) < 4.78 is 18.3. The minimum absolute atomic E-state index is 0.348. The van der Waals surface area contributed by atoms with E-state index in [-0.39, 0.29) is 0 Å². The van der Waals surface area contributed by atoms with Crippen LogP contribution in [0.2, 0.25) is 0 Å². The highest BCUT2D eigenvalue weighted by molar-refractivity contribution is 9.10. The summed E-state index contributed by atoms with van der Waals surface area (Å²) in [5.74, 6) is 0. The zero-order chi connectivity index (χ0) is 16.9. The topological polar surface area (TPSA) is 91.0 Å². The summed E-state index contributed by atoms with van der Waals surface area (Å²) in [4.78, 5) is 33.5. The van der Waals surface area contributed by atoms with Crippen LogP contribution >= 0.6 is 34.9 Å². The Hall–Kier alpha value is -1.02. The Morgan fingerprint density at radius 1 is 1.35 bits per heavy atom. The smallest absolute Gasteiger partial charge is 0.363 e. The molecule has 6 nitrogen and oxygen atoms in total. The van der Waals surface area contributed by atoms with Gasteiger partial charge in [-0.05, 0) is 36.1 Å². The third-order valence-corrected chi connectivity index (χ3v) is 6.62. The average molecular weight is 418 g/mol. The van der Waals surface area contributed by atoms with Crippen LogP contribution < -0.4 is 10.9 Å². The van der Waals surface area contributed by atoms with E-state index in [2.05, 4.69) is 15.9 Å². The van der Waals surface area contributed by atoms with Crippen molar-refractivity contribution >= 4 is 61.2 Å². The normalized spacial score (nSPS) is 12.6. The molecule has 0 aliphatic heterocycles. The Morgan fingerprint density at radius 3 is 2.65 bits per heavy atom. The Balaban J connectivity index is 2.34. The maximum atomic E-state index is 11.9. The van der Waals surface area contributed by atoms with Crippen molar-refractivity contribution in [1.29, 1.82) is 0 Å². The molecule has 0 aliphatic rings. The number of nitrogens with zero attached hydrogens (tertiary/aromatic N) is 1. The lowest BCUT2D eigenvalue weighted by atomic mass is 10.2. The van der Waals surface area contributed by atoms with Crippen LogP contribution in [0.25, 0.3) is 21.1 Å². The fourth-order valence-electron chi connectivity index (χ4n) is 2.33. The van der Waals surface area contributed by atoms with Gasteiger partial charge >= 0.3 is 13.2 Å². The van der Waals surface area contributed by atoms with Crippen molar-refractivity contribution in [2.24, 2.45) is 0 Å². The first-order valence-electron chi connectivity index (χ1n) is 6.57. The molecule has 0 aliphatic carbocycles. The molecule has 3 rings (SSSR count). The first kappa shape index (κ1) is 16.8. The van der Waals surface area contributed by atoms with Crippen molar-refractivity contribution in [3.63, 3.8) is 0 Å². The van der Waals surface area contributed by atoms with Crippen LogP contribution in [0, 0.1) is 0 Å². The third-order valence-electron chi connectivity index (χ3n) is 3.32. The summed E-state index contributed by atoms with van der Waals surface area (Å²) in [6.07, 6.45) is 0. The van der Waals surface area contributed by atoms with Gasteiger partial charge in [0.15, 0.2) is 5.58 Å². The van der Waals surface area contributed by atoms with E-state index in [9.17, 15) is 19.1 Å². The molecule has 0 spiro atoms. The van der Waals surface area contributed by atoms with Crippen molar-refractivity contribution in [2.45, 2.75) is 6.54 Å². The van der Waals surface area contributed by atoms with E-state index >= 15 is 0 Å². The van der Waals surface area contributed by atoms with Gasteiger partial charge in [-0.15, -0.1) is 11.3 Å². The van der Waals surface area contributed by atoms with Crippen molar-refractivity contribution in [2.75, 3.05) is 14.1 Å². The molecule has 2 aromatic heterocycles. The summed E-state index contributed by atoms with van der Waals surface area (Å²) in [5.41, 5.74) is -0.655. The second kappa shape index (κ2) is 5.81. The average Bonchev–Trinajstić information content (AvgIpc) is 2.74. The molecule has 0 amide bonds. The van der Waals surface area contributed by atoms with Gasteiger partial charge in [-0.25, -0.2) is 4.79 Å². The first-order valence-corrected chi connectivity index (χ1v) is 9.79. The molecule has 23 heavy (non-hydrogen) atoms. The number of thiophene rings is 1. The number of fused-ring (bicyclic) bond motifs is 3. The second-order valence-corrected chi connectivity index (χ2v) is 8.87. The van der Waals surface area contributed by atoms with Crippen LogP contribution in [-0.2, 0) is 11.1 Å². The molecule has 2 N–H and O–H groups in total. The monoisotopic (exact) mass is 417 g/mol. The summed E-state index contributed by atoms with van der Waals surface area (Å²) in [5, 5.41) is 0.778. The van der Waals surface area contributed by atoms with Gasteiger partial charge in [0.2, 0.25) is 0 Å². The van der Waals surface area contributed by atoms with Gasteiger partial charge in [0, 0.05) is 26.7 Å². The van der Waals surface area contributed by atoms with Crippen molar-refractivity contribution in [3.05, 3.63) is 38.0 Å². The van der Waals surface area contributed by atoms with Crippen molar-refractivity contribution in [3.8, 4) is 0 Å². The summed E-state index contributed by atoms with van der Waals surface area (Å²) >= 11 is 5.06. The van der Waals surface area contributed by atoms with Crippen molar-refractivity contribution < 1.29 is 18.8 Å². The summed E-state index contributed by atoms with van der Waals surface area (Å²) in [6, 6.07) is 4.75. The van der Waals surface area contributed by atoms with E-state index in [0.29, 0.717) is 11.0 Å². The number of hydrogen-bond donors (Lipinski definition) is 2. The van der Waals surface area contributed by atoms with Gasteiger partial charge in [0.25, 0.3) is 0 Å². The summed E-state index contributed by atoms with van der Waals surface area (Å²) in [7, 11) is -0.743. The van der Waals surface area contributed by atoms with Crippen LogP contribution in [0.4, 0.5) is 0 Å². The Labute approximate surface area is 143 Å². The molecule has 122 valence electrons. The van der Waals surface area contributed by atoms with Gasteiger partial charge in [0.05, 0.1) is 4.70 Å². The minimum Gasteiger partial charge on any atom is -0.421 e. The maximum Gasteiger partial charge on any atom is 0.363 e. The zero-order valence-electron chi connectivity index (χ0n) is 12.2. The Kier molecular flexibility index (Phi) is 4.25. The highest BCUT2D eigenvalue weighted by atomic mass is 79.9. The molecule has 9 heteroatoms. The molecule has 1 aromatic carbocycles. The number of hydrogen-bond acceptors (Lipinski definition) is 5. The molecule has 0 fully saturated rings. The molecule has 0 radical (unpaired) electrons. The molecular formula is C14H13BrNO5PS. The fourth-order valence-corrected chi connectivity index (χ4v) is 5.05. The highest BCUT2D eigenvalue weighted by Crippen LogP contribution is 2.40. The van der Waals surface area contributed by atoms with Crippen molar-refractivity contribution in [1.82, 2.24) is 4.90 Å². The lowest BCUT2D eigenvalue weighted by Gasteiger charge is -2.07. The van der Waals surface area contributed by atoms with Gasteiger partial charge < -0.3 is 19.1 Å². The fraction of sp³-hybridized carbons (Fsp3) is 0.214. The third kappa shape index (κ3) is 3.03. The molecule has 3 aromatic rings. The second-order valence-electron chi connectivity index (χ2n) is 5.40. The molecule has 0 saturated heterocycles. The van der Waals surface area contributed by atoms with E-state index in [1.54, 1.807) is 6.07 Å². The molecular weight excluding hydrogens is 405 g/mol. The molecule has 0 bridgehead atoms. The number of benzene rings is 1. The van der Waals surface area contributed by atoms with Gasteiger partial charge in [0.1, 0.15) is 5.30 Å². The molecule has 0 atom stereocenters. The van der Waals surface area contributed by atoms with Gasteiger partial charge in [-0.2, -0.15) is 0 Å². The lowest BCUT2D eigenvalue weighted by Crippen LogP contribution is -2.23. The lowest BCUT2D eigenvalue weighted by molar-refractivity contribution is 0.385. The van der Waals surface area contributed by atoms with Crippen LogP contribution in [0.15, 0.2) is 31.9 Å². The summed E-state index contributed by atoms with van der Waals surface area (Å²) in [6.45, 7) is 0.728. The van der Waals surface area contributed by atoms with E-state index in [1.165, 1.54) is 17.4 Å². The van der Waals surface area contributed by atoms with Crippen LogP contribution in [0.3, 0.4) is 0 Å². The molecule has 2 heterocycles. The quantitative estimate of drug-likeness (QED) is 0.502. The molecule has 0 saturated carbocycles. The van der Waals surface area contributed by atoms with E-state index < -0.39 is 18.5 Å². The van der Waals surface area contributed by atoms with Gasteiger partial charge in [-0.1, -0.05) is 12.1 Å². The Bertz CT molecular complexity index is 1020. The standard InChI is InChI=1S/C14H13BrNO5PS/c1-16(2)6-10-11(15)8-4-3-7-5-9(22(18,19)20)14(17)21-12(7)13(8)23-10/h3-5H,6H2,1-2H3,(H2,18,19,20). The predicted octanol–water partition coefficient (Wildman–Crippen LogP) is 2.63. The van der Waals surface area contributed by atoms with E-state index in [0.717, 1.165) is 26.0 Å². The van der Waals surface area contributed by atoms with Crippen LogP contribution in [0.1, 0.15) is 4.88 Å².